The van der Waals surface area contributed by atoms with Gasteiger partial charge in [0.25, 0.3) is 0 Å². The first-order valence-corrected chi connectivity index (χ1v) is 9.50. The molecule has 0 saturated heterocycles. The fraction of sp³-hybridized carbons (Fsp3) is 0.381. The lowest BCUT2D eigenvalue weighted by atomic mass is 9.65. The number of ether oxygens (including phenoxy) is 2. The number of anilines is 1. The van der Waals surface area contributed by atoms with Gasteiger partial charge in [-0.25, -0.2) is 5.10 Å². The number of hydrogen-bond acceptors (Lipinski definition) is 6. The quantitative estimate of drug-likeness (QED) is 0.729. The highest BCUT2D eigenvalue weighted by Gasteiger charge is 2.46. The summed E-state index contributed by atoms with van der Waals surface area (Å²) in [6.45, 7) is 5.25. The van der Waals surface area contributed by atoms with Gasteiger partial charge in [-0.15, -0.1) is 5.10 Å². The van der Waals surface area contributed by atoms with Crippen LogP contribution in [0.4, 0.5) is 5.69 Å². The molecule has 28 heavy (non-hydrogen) atoms. The highest BCUT2D eigenvalue weighted by Crippen LogP contribution is 2.53. The molecule has 2 unspecified atom stereocenters. The predicted octanol–water partition coefficient (Wildman–Crippen LogP) is 3.25. The van der Waals surface area contributed by atoms with Crippen molar-refractivity contribution in [2.45, 2.75) is 31.7 Å². The van der Waals surface area contributed by atoms with Gasteiger partial charge in [-0.1, -0.05) is 38.1 Å². The van der Waals surface area contributed by atoms with Crippen molar-refractivity contribution in [3.05, 3.63) is 58.9 Å². The average Bonchev–Trinajstić information content (AvgIpc) is 3.21. The summed E-state index contributed by atoms with van der Waals surface area (Å²) < 4.78 is 11.7. The number of nitrogens with zero attached hydrogens (tertiary/aromatic N) is 3. The Morgan fingerprint density at radius 3 is 2.93 bits per heavy atom. The number of para-hydroxylation sites is 1. The zero-order valence-corrected chi connectivity index (χ0v) is 16.2. The topological polar surface area (TPSA) is 84.9 Å². The number of methoxy groups -OCH3 is 1. The summed E-state index contributed by atoms with van der Waals surface area (Å²) in [5, 5.41) is 17.9. The summed E-state index contributed by atoms with van der Waals surface area (Å²) in [6.07, 6.45) is 0.682. The van der Waals surface area contributed by atoms with E-state index in [2.05, 4.69) is 64.1 Å². The Kier molecular flexibility index (Phi) is 3.79. The van der Waals surface area contributed by atoms with Crippen molar-refractivity contribution in [2.75, 3.05) is 19.0 Å². The van der Waals surface area contributed by atoms with E-state index in [-0.39, 0.29) is 11.5 Å². The van der Waals surface area contributed by atoms with Crippen molar-refractivity contribution in [3.8, 4) is 11.5 Å². The van der Waals surface area contributed by atoms with Crippen LogP contribution in [0.5, 0.6) is 11.5 Å². The van der Waals surface area contributed by atoms with Crippen molar-refractivity contribution in [1.29, 1.82) is 0 Å². The van der Waals surface area contributed by atoms with Crippen molar-refractivity contribution in [1.82, 2.24) is 20.6 Å². The van der Waals surface area contributed by atoms with Crippen LogP contribution >= 0.6 is 0 Å². The fourth-order valence-electron chi connectivity index (χ4n) is 4.56. The molecule has 0 aliphatic carbocycles. The van der Waals surface area contributed by atoms with Gasteiger partial charge in [0.2, 0.25) is 0 Å². The lowest BCUT2D eigenvalue weighted by molar-refractivity contribution is 0.131. The van der Waals surface area contributed by atoms with Crippen LogP contribution in [-0.4, -0.2) is 34.3 Å². The van der Waals surface area contributed by atoms with Gasteiger partial charge < -0.3 is 14.8 Å². The molecule has 3 aromatic rings. The number of aromatic nitrogens is 4. The Morgan fingerprint density at radius 1 is 1.25 bits per heavy atom. The Bertz CT molecular complexity index is 1020. The summed E-state index contributed by atoms with van der Waals surface area (Å²) in [6, 6.07) is 12.9. The number of nitrogens with one attached hydrogen (secondary N) is 2. The van der Waals surface area contributed by atoms with Crippen LogP contribution in [-0.2, 0) is 11.8 Å². The normalized spacial score (nSPS) is 21.5. The molecule has 0 saturated carbocycles. The SMILES string of the molecule is COc1cccc2c1OCC1C2Nc2ccc(Cc3nnn[nH]3)cc2C1(C)C. The molecule has 0 amide bonds. The monoisotopic (exact) mass is 377 g/mol. The maximum Gasteiger partial charge on any atom is 0.166 e. The van der Waals surface area contributed by atoms with E-state index in [0.717, 1.165) is 22.9 Å². The van der Waals surface area contributed by atoms with Crippen molar-refractivity contribution < 1.29 is 9.47 Å². The first-order chi connectivity index (χ1) is 13.6. The maximum absolute atomic E-state index is 6.18. The second kappa shape index (κ2) is 6.22. The van der Waals surface area contributed by atoms with Crippen molar-refractivity contribution >= 4 is 5.69 Å². The Hall–Kier alpha value is -3.09. The van der Waals surface area contributed by atoms with Crippen LogP contribution in [0.25, 0.3) is 0 Å². The van der Waals surface area contributed by atoms with Crippen LogP contribution < -0.4 is 14.8 Å². The van der Waals surface area contributed by atoms with Crippen LogP contribution in [0.15, 0.2) is 36.4 Å². The van der Waals surface area contributed by atoms with Gasteiger partial charge >= 0.3 is 0 Å². The Balaban J connectivity index is 1.55. The number of aromatic amines is 1. The molecule has 0 spiro atoms. The van der Waals surface area contributed by atoms with E-state index in [9.17, 15) is 0 Å². The molecular weight excluding hydrogens is 354 g/mol. The van der Waals surface area contributed by atoms with E-state index < -0.39 is 0 Å². The second-order valence-electron chi connectivity index (χ2n) is 8.04. The molecule has 0 bridgehead atoms. The smallest absolute Gasteiger partial charge is 0.166 e. The van der Waals surface area contributed by atoms with Crippen LogP contribution in [0.3, 0.4) is 0 Å². The first kappa shape index (κ1) is 17.0. The first-order valence-electron chi connectivity index (χ1n) is 9.50. The summed E-state index contributed by atoms with van der Waals surface area (Å²) in [5.41, 5.74) is 4.76. The van der Waals surface area contributed by atoms with E-state index in [0.29, 0.717) is 18.9 Å². The molecule has 7 nitrogen and oxygen atoms in total. The molecule has 1 aromatic heterocycles. The standard InChI is InChI=1S/C21H23N5O2/c1-21(2)14-9-12(10-18-23-25-26-24-18)7-8-16(14)22-19-13-5-4-6-17(27-3)20(13)28-11-15(19)21/h4-9,15,19,22H,10-11H2,1-3H3,(H,23,24,25,26). The van der Waals surface area contributed by atoms with Gasteiger partial charge in [0.15, 0.2) is 17.3 Å². The molecule has 5 rings (SSSR count). The molecule has 144 valence electrons. The third kappa shape index (κ3) is 2.53. The summed E-state index contributed by atoms with van der Waals surface area (Å²) in [4.78, 5) is 0. The highest BCUT2D eigenvalue weighted by molar-refractivity contribution is 5.63. The van der Waals surface area contributed by atoms with Crippen molar-refractivity contribution in [3.63, 3.8) is 0 Å². The van der Waals surface area contributed by atoms with E-state index in [4.69, 9.17) is 9.47 Å². The molecular formula is C21H23N5O2. The zero-order chi connectivity index (χ0) is 19.3. The molecule has 0 radical (unpaired) electrons. The lowest BCUT2D eigenvalue weighted by Gasteiger charge is -2.48. The zero-order valence-electron chi connectivity index (χ0n) is 16.2. The molecule has 3 heterocycles. The van der Waals surface area contributed by atoms with Gasteiger partial charge in [-0.05, 0) is 33.7 Å². The maximum atomic E-state index is 6.18. The van der Waals surface area contributed by atoms with Crippen LogP contribution in [0.1, 0.15) is 42.4 Å². The van der Waals surface area contributed by atoms with Gasteiger partial charge in [0.05, 0.1) is 19.8 Å². The Morgan fingerprint density at radius 2 is 2.14 bits per heavy atom. The summed E-state index contributed by atoms with van der Waals surface area (Å²) >= 11 is 0. The van der Waals surface area contributed by atoms with Crippen LogP contribution in [0, 0.1) is 5.92 Å². The number of hydrogen-bond donors (Lipinski definition) is 2. The fourth-order valence-corrected chi connectivity index (χ4v) is 4.56. The van der Waals surface area contributed by atoms with Gasteiger partial charge in [0, 0.05) is 29.0 Å². The molecule has 2 N–H and O–H groups in total. The minimum absolute atomic E-state index is 0.0539. The largest absolute Gasteiger partial charge is 0.493 e. The second-order valence-corrected chi connectivity index (χ2v) is 8.04. The van der Waals surface area contributed by atoms with E-state index in [1.165, 1.54) is 16.8 Å². The molecule has 2 atom stereocenters. The summed E-state index contributed by atoms with van der Waals surface area (Å²) in [7, 11) is 1.68. The number of benzene rings is 2. The predicted molar refractivity (Wildman–Crippen MR) is 105 cm³/mol. The van der Waals surface area contributed by atoms with Gasteiger partial charge in [-0.2, -0.15) is 0 Å². The minimum atomic E-state index is -0.0539. The molecule has 0 fully saturated rings. The number of rotatable bonds is 3. The third-order valence-corrected chi connectivity index (χ3v) is 6.15. The van der Waals surface area contributed by atoms with E-state index >= 15 is 0 Å². The van der Waals surface area contributed by atoms with Gasteiger partial charge in [-0.3, -0.25) is 0 Å². The van der Waals surface area contributed by atoms with Crippen LogP contribution in [0.2, 0.25) is 0 Å². The van der Waals surface area contributed by atoms with E-state index in [1.807, 2.05) is 12.1 Å². The third-order valence-electron chi connectivity index (χ3n) is 6.15. The Labute approximate surface area is 163 Å². The highest BCUT2D eigenvalue weighted by atomic mass is 16.5. The molecule has 2 aromatic carbocycles. The lowest BCUT2D eigenvalue weighted by Crippen LogP contribution is -2.46. The molecule has 2 aliphatic rings. The number of fused-ring (bicyclic) bond motifs is 4. The molecule has 2 aliphatic heterocycles. The van der Waals surface area contributed by atoms with Gasteiger partial charge in [0.1, 0.15) is 0 Å². The van der Waals surface area contributed by atoms with Crippen molar-refractivity contribution in [2.24, 2.45) is 5.92 Å². The number of tetrazole rings is 1. The minimum Gasteiger partial charge on any atom is -0.493 e. The number of H-pyrrole nitrogens is 1. The average molecular weight is 377 g/mol. The van der Waals surface area contributed by atoms with E-state index in [1.54, 1.807) is 7.11 Å². The molecule has 7 heteroatoms. The summed E-state index contributed by atoms with van der Waals surface area (Å²) in [5.74, 6) is 2.72.